The Kier molecular flexibility index (Phi) is 3.20. The number of hydrogen-bond donors (Lipinski definition) is 1. The van der Waals surface area contributed by atoms with Crippen LogP contribution in [0.3, 0.4) is 0 Å². The second kappa shape index (κ2) is 5.19. The second-order valence-electron chi connectivity index (χ2n) is 5.94. The van der Waals surface area contributed by atoms with Crippen LogP contribution in [0.1, 0.15) is 31.4 Å². The number of nitrogens with zero attached hydrogens (tertiary/aromatic N) is 2. The Morgan fingerprint density at radius 3 is 2.95 bits per heavy atom. The molecule has 1 saturated carbocycles. The van der Waals surface area contributed by atoms with Crippen LogP contribution in [-0.4, -0.2) is 28.5 Å². The third-order valence-electron chi connectivity index (χ3n) is 4.27. The summed E-state index contributed by atoms with van der Waals surface area (Å²) in [7, 11) is 0. The minimum atomic E-state index is 0.336. The van der Waals surface area contributed by atoms with Crippen molar-refractivity contribution in [1.29, 1.82) is 0 Å². The fourth-order valence-electron chi connectivity index (χ4n) is 2.98. The number of rotatable bonds is 5. The number of para-hydroxylation sites is 1. The molecule has 4 heteroatoms. The molecule has 0 bridgehead atoms. The molecular formula is C16H21N3O. The maximum atomic E-state index is 5.75. The van der Waals surface area contributed by atoms with E-state index in [1.807, 2.05) is 0 Å². The van der Waals surface area contributed by atoms with E-state index in [1.54, 1.807) is 0 Å². The highest BCUT2D eigenvalue weighted by Gasteiger charge is 2.22. The minimum Gasteiger partial charge on any atom is -0.376 e. The van der Waals surface area contributed by atoms with Gasteiger partial charge in [-0.25, -0.2) is 0 Å². The Hall–Kier alpha value is -1.39. The van der Waals surface area contributed by atoms with Crippen LogP contribution in [0.2, 0.25) is 0 Å². The average molecular weight is 271 g/mol. The van der Waals surface area contributed by atoms with Gasteiger partial charge >= 0.3 is 0 Å². The maximum absolute atomic E-state index is 5.75. The highest BCUT2D eigenvalue weighted by molar-refractivity contribution is 5.81. The van der Waals surface area contributed by atoms with Crippen LogP contribution in [-0.2, 0) is 17.8 Å². The van der Waals surface area contributed by atoms with E-state index in [9.17, 15) is 0 Å². The first-order chi connectivity index (χ1) is 9.90. The van der Waals surface area contributed by atoms with Gasteiger partial charge in [-0.15, -0.1) is 0 Å². The first kappa shape index (κ1) is 12.4. The quantitative estimate of drug-likeness (QED) is 0.908. The van der Waals surface area contributed by atoms with Gasteiger partial charge in [-0.2, -0.15) is 5.10 Å². The Morgan fingerprint density at radius 2 is 2.15 bits per heavy atom. The highest BCUT2D eigenvalue weighted by atomic mass is 16.5. The molecule has 2 fully saturated rings. The van der Waals surface area contributed by atoms with Crippen molar-refractivity contribution in [2.24, 2.45) is 0 Å². The van der Waals surface area contributed by atoms with E-state index in [2.05, 4.69) is 34.3 Å². The molecule has 1 aromatic heterocycles. The van der Waals surface area contributed by atoms with Gasteiger partial charge in [0.1, 0.15) is 0 Å². The minimum absolute atomic E-state index is 0.336. The zero-order chi connectivity index (χ0) is 13.4. The number of fused-ring (bicyclic) bond motifs is 1. The summed E-state index contributed by atoms with van der Waals surface area (Å²) in [6.07, 6.45) is 5.30. The standard InChI is InChI=1S/C16H21N3O/c1-2-6-16-14(5-1)15(10-17-12-7-8-12)18-19(16)11-13-4-3-9-20-13/h1-2,5-6,12-13,17H,3-4,7-11H2. The fourth-order valence-corrected chi connectivity index (χ4v) is 2.98. The molecular weight excluding hydrogens is 250 g/mol. The van der Waals surface area contributed by atoms with Gasteiger partial charge in [0.15, 0.2) is 0 Å². The SMILES string of the molecule is c1ccc2c(c1)c(CNC1CC1)nn2CC1CCCO1. The molecule has 1 aromatic carbocycles. The lowest BCUT2D eigenvalue weighted by Gasteiger charge is -2.10. The van der Waals surface area contributed by atoms with E-state index >= 15 is 0 Å². The summed E-state index contributed by atoms with van der Waals surface area (Å²) in [4.78, 5) is 0. The Labute approximate surface area is 119 Å². The van der Waals surface area contributed by atoms with Gasteiger partial charge in [0.2, 0.25) is 0 Å². The molecule has 1 saturated heterocycles. The summed E-state index contributed by atoms with van der Waals surface area (Å²) in [6, 6.07) is 9.25. The molecule has 2 aromatic rings. The van der Waals surface area contributed by atoms with Gasteiger partial charge < -0.3 is 10.1 Å². The molecule has 0 spiro atoms. The maximum Gasteiger partial charge on any atom is 0.0841 e. The predicted octanol–water partition coefficient (Wildman–Crippen LogP) is 2.47. The summed E-state index contributed by atoms with van der Waals surface area (Å²) >= 11 is 0. The van der Waals surface area contributed by atoms with Gasteiger partial charge in [-0.3, -0.25) is 4.68 Å². The van der Waals surface area contributed by atoms with E-state index < -0.39 is 0 Å². The van der Waals surface area contributed by atoms with Crippen LogP contribution in [0.5, 0.6) is 0 Å². The van der Waals surface area contributed by atoms with Crippen LogP contribution in [0, 0.1) is 0 Å². The van der Waals surface area contributed by atoms with Crippen LogP contribution < -0.4 is 5.32 Å². The molecule has 1 N–H and O–H groups in total. The lowest BCUT2D eigenvalue weighted by Crippen LogP contribution is -2.18. The molecule has 1 aliphatic carbocycles. The first-order valence-corrected chi connectivity index (χ1v) is 7.69. The highest BCUT2D eigenvalue weighted by Crippen LogP contribution is 2.23. The smallest absolute Gasteiger partial charge is 0.0841 e. The van der Waals surface area contributed by atoms with Crippen molar-refractivity contribution in [3.63, 3.8) is 0 Å². The number of aromatic nitrogens is 2. The van der Waals surface area contributed by atoms with Gasteiger partial charge in [0.25, 0.3) is 0 Å². The second-order valence-corrected chi connectivity index (χ2v) is 5.94. The Bertz CT molecular complexity index is 597. The molecule has 1 unspecified atom stereocenters. The van der Waals surface area contributed by atoms with E-state index in [0.717, 1.165) is 32.2 Å². The molecule has 4 rings (SSSR count). The fraction of sp³-hybridized carbons (Fsp3) is 0.562. The normalized spacial score (nSPS) is 22.7. The summed E-state index contributed by atoms with van der Waals surface area (Å²) < 4.78 is 7.88. The molecule has 4 nitrogen and oxygen atoms in total. The monoisotopic (exact) mass is 271 g/mol. The molecule has 20 heavy (non-hydrogen) atoms. The van der Waals surface area contributed by atoms with Crippen molar-refractivity contribution in [2.45, 2.75) is 50.9 Å². The zero-order valence-corrected chi connectivity index (χ0v) is 11.7. The lowest BCUT2D eigenvalue weighted by atomic mass is 10.2. The first-order valence-electron chi connectivity index (χ1n) is 7.69. The summed E-state index contributed by atoms with van der Waals surface area (Å²) in [5.74, 6) is 0. The number of hydrogen-bond acceptors (Lipinski definition) is 3. The molecule has 0 amide bonds. The number of benzene rings is 1. The molecule has 0 radical (unpaired) electrons. The summed E-state index contributed by atoms with van der Waals surface area (Å²) in [6.45, 7) is 2.66. The largest absolute Gasteiger partial charge is 0.376 e. The Balaban J connectivity index is 1.60. The van der Waals surface area contributed by atoms with Crippen molar-refractivity contribution >= 4 is 10.9 Å². The van der Waals surface area contributed by atoms with Crippen LogP contribution in [0.4, 0.5) is 0 Å². The lowest BCUT2D eigenvalue weighted by molar-refractivity contribution is 0.0950. The molecule has 1 atom stereocenters. The van der Waals surface area contributed by atoms with Crippen LogP contribution in [0.15, 0.2) is 24.3 Å². The van der Waals surface area contributed by atoms with Gasteiger partial charge in [-0.05, 0) is 31.7 Å². The van der Waals surface area contributed by atoms with Crippen molar-refractivity contribution in [1.82, 2.24) is 15.1 Å². The molecule has 2 aliphatic rings. The molecule has 1 aliphatic heterocycles. The van der Waals surface area contributed by atoms with Crippen molar-refractivity contribution in [3.05, 3.63) is 30.0 Å². The van der Waals surface area contributed by atoms with Gasteiger partial charge in [0, 0.05) is 24.6 Å². The van der Waals surface area contributed by atoms with E-state index in [-0.39, 0.29) is 0 Å². The van der Waals surface area contributed by atoms with Crippen LogP contribution >= 0.6 is 0 Å². The Morgan fingerprint density at radius 1 is 1.25 bits per heavy atom. The van der Waals surface area contributed by atoms with Crippen molar-refractivity contribution in [3.8, 4) is 0 Å². The third-order valence-corrected chi connectivity index (χ3v) is 4.27. The molecule has 2 heterocycles. The van der Waals surface area contributed by atoms with Crippen LogP contribution in [0.25, 0.3) is 10.9 Å². The van der Waals surface area contributed by atoms with Gasteiger partial charge in [-0.1, -0.05) is 18.2 Å². The van der Waals surface area contributed by atoms with Crippen molar-refractivity contribution < 1.29 is 4.74 Å². The number of nitrogens with one attached hydrogen (secondary N) is 1. The van der Waals surface area contributed by atoms with E-state index in [1.165, 1.54) is 35.9 Å². The average Bonchev–Trinajstić information content (AvgIpc) is 3.05. The predicted molar refractivity (Wildman–Crippen MR) is 78.6 cm³/mol. The third kappa shape index (κ3) is 2.45. The topological polar surface area (TPSA) is 39.1 Å². The van der Waals surface area contributed by atoms with E-state index in [4.69, 9.17) is 9.84 Å². The van der Waals surface area contributed by atoms with Crippen molar-refractivity contribution in [2.75, 3.05) is 6.61 Å². The molecule has 106 valence electrons. The summed E-state index contributed by atoms with van der Waals surface area (Å²) in [5, 5.41) is 9.67. The summed E-state index contributed by atoms with van der Waals surface area (Å²) in [5.41, 5.74) is 2.40. The number of ether oxygens (including phenoxy) is 1. The van der Waals surface area contributed by atoms with E-state index in [0.29, 0.717) is 6.10 Å². The van der Waals surface area contributed by atoms with Gasteiger partial charge in [0.05, 0.1) is 23.9 Å². The zero-order valence-electron chi connectivity index (χ0n) is 11.7.